The van der Waals surface area contributed by atoms with Crippen molar-refractivity contribution in [2.45, 2.75) is 277 Å². The van der Waals surface area contributed by atoms with Crippen LogP contribution in [0.5, 0.6) is 0 Å². The number of amides is 3. The first-order valence-corrected chi connectivity index (χ1v) is 54.0. The first kappa shape index (κ1) is 103. The third-order valence-corrected chi connectivity index (χ3v) is 33.0. The summed E-state index contributed by atoms with van der Waals surface area (Å²) in [6.45, 7) is 14.2. The van der Waals surface area contributed by atoms with E-state index >= 15 is 0 Å². The summed E-state index contributed by atoms with van der Waals surface area (Å²) in [5.41, 5.74) is 12.5. The van der Waals surface area contributed by atoms with E-state index in [2.05, 4.69) is 152 Å². The van der Waals surface area contributed by atoms with Crippen molar-refractivity contribution in [2.75, 3.05) is 60.4 Å². The zero-order chi connectivity index (χ0) is 102. The highest BCUT2D eigenvalue weighted by atomic mass is 79.9. The van der Waals surface area contributed by atoms with Gasteiger partial charge >= 0.3 is 0 Å². The molecule has 10 aromatic heterocycles. The molecule has 2 aromatic carbocycles. The molecule has 3 amide bonds. The molecular weight excluding hydrogens is 2040 g/mol. The molecule has 35 heteroatoms. The fourth-order valence-corrected chi connectivity index (χ4v) is 25.2. The highest BCUT2D eigenvalue weighted by molar-refractivity contribution is 9.11. The summed E-state index contributed by atoms with van der Waals surface area (Å²) in [5, 5.41) is 15.6. The van der Waals surface area contributed by atoms with E-state index in [-0.39, 0.29) is 137 Å². The van der Waals surface area contributed by atoms with E-state index in [1.165, 1.54) is 70.4 Å². The number of benzene rings is 2. The first-order valence-electron chi connectivity index (χ1n) is 51.7. The standard InChI is InChI=1S/C38H43BrFN7O3.C37H42BrN7O3.C36H41BrN8O3/c1-23(48)36-29-14-26(28-19-41-24(2)42-20-28)13-27(18-40)37(29)46(44-36)21-35(50)47-31-16-38(17-33(38)47)22-45(3)12-8-6-4-5-7-9-25-10-11-34(39)43-30(25)15-32(31)49;1-23(46)36-28-15-26(27-19-39-24(2)40-20-27)10-12-30(28)44(42-36)21-35(48)45-31-17-37(18-33(37)45)22-43(3)14-8-6-4-5-7-9-25-11-13-34(38)41-29(25)16-32(31)47;1-22(46)35-26-13-27(25-17-38-23(2)39-18-25)40-19-30(26)44(42-35)20-34(48)45-29-15-36(16-32(36)45)21-43(3)12-8-6-4-5-7-9-24-10-11-33(37)41-28(24)14-31(29)47/h10-11,13-14,19-20,31,33H,4-9,12,15-18,21-22H2,1-3H3;10-13,15,19-20,31,33H,4-9,14,16-18,21-22H2,1-3H3;10-11,13,17-19,29,32H,4-9,12,14-16,20-21H2,1-3H3/t31-,33+,38-;31-,33+,37-;29-,32+,36-/m000/s1. The van der Waals surface area contributed by atoms with Gasteiger partial charge < -0.3 is 29.4 Å². The lowest BCUT2D eigenvalue weighted by molar-refractivity contribution is -0.139. The number of alkyl halides is 1. The maximum atomic E-state index is 14.8. The van der Waals surface area contributed by atoms with E-state index in [9.17, 15) is 47.5 Å². The number of aromatic nitrogens is 16. The van der Waals surface area contributed by atoms with Crippen LogP contribution in [-0.4, -0.2) is 258 Å². The number of likely N-dealkylation sites (tertiary alicyclic amines) is 3. The molecule has 762 valence electrons. The van der Waals surface area contributed by atoms with Gasteiger partial charge in [-0.15, -0.1) is 0 Å². The van der Waals surface area contributed by atoms with Gasteiger partial charge in [-0.3, -0.25) is 62.2 Å². The van der Waals surface area contributed by atoms with E-state index in [1.54, 1.807) is 82.8 Å². The Labute approximate surface area is 874 Å². The van der Waals surface area contributed by atoms with Gasteiger partial charge in [0.1, 0.15) is 74.7 Å². The third kappa shape index (κ3) is 22.3. The van der Waals surface area contributed by atoms with Gasteiger partial charge in [-0.25, -0.2) is 49.2 Å². The van der Waals surface area contributed by atoms with Crippen LogP contribution in [-0.2, 0) is 93.6 Å². The van der Waals surface area contributed by atoms with Crippen LogP contribution in [0, 0.1) is 37.0 Å². The maximum Gasteiger partial charge on any atom is 0.245 e. The topological polar surface area (TPSA) is 355 Å². The third-order valence-electron chi connectivity index (χ3n) is 31.7. The number of Topliss-reactive ketones (excluding diaryl/α,β-unsaturated/α-hetero) is 6. The van der Waals surface area contributed by atoms with Crippen molar-refractivity contribution in [2.24, 2.45) is 16.2 Å². The summed E-state index contributed by atoms with van der Waals surface area (Å²) in [6.07, 6.45) is 36.9. The maximum absolute atomic E-state index is 14.8. The molecule has 0 N–H and O–H groups in total. The summed E-state index contributed by atoms with van der Waals surface area (Å²) in [4.78, 5) is 181. The average Bonchev–Trinajstić information content (AvgIpc) is 1.54. The van der Waals surface area contributed by atoms with Gasteiger partial charge in [0.15, 0.2) is 34.7 Å². The van der Waals surface area contributed by atoms with Crippen LogP contribution in [0.1, 0.15) is 244 Å². The Morgan fingerprint density at radius 3 is 1.11 bits per heavy atom. The Hall–Kier alpha value is -11.6. The number of aryl methyl sites for hydroxylation is 6. The Morgan fingerprint density at radius 1 is 0.370 bits per heavy atom. The fourth-order valence-electron chi connectivity index (χ4n) is 24.1. The molecule has 3 aliphatic carbocycles. The second kappa shape index (κ2) is 43.7. The number of rotatable bonds is 13. The van der Waals surface area contributed by atoms with Crippen LogP contribution in [0.15, 0.2) is 130 Å². The molecule has 9 aliphatic rings. The minimum Gasteiger partial charge on any atom is -0.327 e. The zero-order valence-electron chi connectivity index (χ0n) is 84.6. The lowest BCUT2D eigenvalue weighted by Gasteiger charge is -2.27. The van der Waals surface area contributed by atoms with Gasteiger partial charge in [0.05, 0.1) is 82.9 Å². The fraction of sp³-hybridized carbons (Fsp3) is 0.495. The predicted octanol–water partition coefficient (Wildman–Crippen LogP) is 17.2. The number of pyridine rings is 4. The van der Waals surface area contributed by atoms with Gasteiger partial charge in [0.2, 0.25) is 17.7 Å². The Bertz CT molecular complexity index is 6790. The number of halogens is 4. The van der Waals surface area contributed by atoms with Gasteiger partial charge in [-0.1, -0.05) is 82.1 Å². The molecule has 0 unspecified atom stereocenters. The summed E-state index contributed by atoms with van der Waals surface area (Å²) in [6, 6.07) is 21.4. The van der Waals surface area contributed by atoms with E-state index in [0.29, 0.717) is 111 Å². The zero-order valence-corrected chi connectivity index (χ0v) is 89.4. The van der Waals surface area contributed by atoms with Crippen LogP contribution in [0.25, 0.3) is 66.2 Å². The van der Waals surface area contributed by atoms with Crippen molar-refractivity contribution in [3.05, 3.63) is 204 Å². The number of piperidine rings is 3. The van der Waals surface area contributed by atoms with E-state index in [1.807, 2.05) is 60.0 Å². The minimum atomic E-state index is -0.820. The van der Waals surface area contributed by atoms with Crippen LogP contribution in [0.4, 0.5) is 4.39 Å². The molecule has 0 radical (unpaired) electrons. The molecular formula is C111H126Br3FN22O9. The molecule has 6 fully saturated rings. The largest absolute Gasteiger partial charge is 0.327 e. The average molecular weight is 2170 g/mol. The first-order chi connectivity index (χ1) is 70.3. The van der Waals surface area contributed by atoms with Crippen LogP contribution < -0.4 is 0 Å². The molecule has 3 spiro atoms. The summed E-state index contributed by atoms with van der Waals surface area (Å²) < 4.78 is 21.5. The SMILES string of the molecule is CC(=O)c1nn(CC(=O)N2[C@H]3C[C@]4(C[C@@H]24)CN(C)CCCCCCCc2ccc(Br)nc2CC3=O)c2c(CF)cc(-c3cnc(C)nc3)cc12.CC(=O)c1nn(CC(=O)N2[C@H]3C[C@]4(C[C@@H]24)CN(C)CCCCCCCc2ccc(Br)nc2CC3=O)c2ccc(-c3cnc(C)nc3)cc12.CC(=O)c1nn(CC(=O)N2[C@H]3C[C@]4(C[C@@H]24)CN(C)CCCCCCCc2ccc(Br)nc2CC3=O)c2cnc(-c3cnc(C)nc3)cc12. The Balaban J connectivity index is 0.000000138. The van der Waals surface area contributed by atoms with Crippen LogP contribution in [0.3, 0.4) is 0 Å². The molecule has 6 aliphatic heterocycles. The molecule has 9 atom stereocenters. The van der Waals surface area contributed by atoms with Crippen LogP contribution in [0.2, 0.25) is 0 Å². The summed E-state index contributed by atoms with van der Waals surface area (Å²) >= 11 is 10.5. The van der Waals surface area contributed by atoms with Crippen molar-refractivity contribution in [1.82, 2.24) is 109 Å². The lowest BCUT2D eigenvalue weighted by atomic mass is 9.93. The second-order valence-corrected chi connectivity index (χ2v) is 44.9. The summed E-state index contributed by atoms with van der Waals surface area (Å²) in [5.74, 6) is 0.749. The van der Waals surface area contributed by atoms with Gasteiger partial charge in [-0.2, -0.15) is 15.3 Å². The minimum absolute atomic E-state index is 0.00704. The van der Waals surface area contributed by atoms with Gasteiger partial charge in [0.25, 0.3) is 0 Å². The molecule has 6 bridgehead atoms. The van der Waals surface area contributed by atoms with Gasteiger partial charge in [0, 0.05) is 150 Å². The number of ketones is 6. The van der Waals surface area contributed by atoms with Crippen molar-refractivity contribution in [3.63, 3.8) is 0 Å². The number of hydrogen-bond donors (Lipinski definition) is 0. The van der Waals surface area contributed by atoms with Crippen LogP contribution >= 0.6 is 47.8 Å². The van der Waals surface area contributed by atoms with Crippen molar-refractivity contribution in [3.8, 4) is 33.5 Å². The molecule has 16 heterocycles. The molecule has 21 rings (SSSR count). The Kier molecular flexibility index (Phi) is 30.8. The Morgan fingerprint density at radius 2 is 0.712 bits per heavy atom. The number of carbonyl (C=O) groups is 9. The van der Waals surface area contributed by atoms with E-state index in [4.69, 9.17) is 15.0 Å². The summed E-state index contributed by atoms with van der Waals surface area (Å²) in [7, 11) is 6.47. The quantitative estimate of drug-likeness (QED) is 0.0764. The molecule has 3 saturated carbocycles. The molecule has 146 heavy (non-hydrogen) atoms. The number of nitrogens with zero attached hydrogens (tertiary/aromatic N) is 22. The van der Waals surface area contributed by atoms with Crippen molar-refractivity contribution < 1.29 is 47.5 Å². The number of hydrogen-bond acceptors (Lipinski definition) is 25. The molecule has 31 nitrogen and oxygen atoms in total. The highest BCUT2D eigenvalue weighted by Gasteiger charge is 2.70. The smallest absolute Gasteiger partial charge is 0.245 e. The van der Waals surface area contributed by atoms with E-state index in [0.717, 1.165) is 180 Å². The number of fused-ring (bicyclic) bond motifs is 9. The molecule has 12 aromatic rings. The van der Waals surface area contributed by atoms with E-state index < -0.39 is 24.8 Å². The monoisotopic (exact) mass is 2170 g/mol. The van der Waals surface area contributed by atoms with Gasteiger partial charge in [-0.05, 0) is 282 Å². The predicted molar refractivity (Wildman–Crippen MR) is 562 cm³/mol. The lowest BCUT2D eigenvalue weighted by Crippen LogP contribution is -2.45. The number of carbonyl (C=O) groups excluding carboxylic acids is 9. The van der Waals surface area contributed by atoms with Crippen molar-refractivity contribution >= 4 is 133 Å². The van der Waals surface area contributed by atoms with Crippen molar-refractivity contribution in [1.29, 1.82) is 0 Å². The second-order valence-electron chi connectivity index (χ2n) is 42.5. The molecule has 3 saturated heterocycles. The highest BCUT2D eigenvalue weighted by Crippen LogP contribution is 2.63. The normalized spacial score (nSPS) is 23.4.